The topological polar surface area (TPSA) is 364 Å². The van der Waals surface area contributed by atoms with Crippen molar-refractivity contribution in [3.63, 3.8) is 0 Å². The van der Waals surface area contributed by atoms with E-state index in [-0.39, 0.29) is 41.6 Å². The molecule has 2 unspecified atom stereocenters. The maximum atomic E-state index is 12.7. The second-order valence-electron chi connectivity index (χ2n) is 14.9. The number of imidazole rings is 1. The summed E-state index contributed by atoms with van der Waals surface area (Å²) in [6.07, 6.45) is 9.16. The van der Waals surface area contributed by atoms with Crippen LogP contribution in [0, 0.1) is 5.41 Å². The number of nitrogens with one attached hydrogen (secondary N) is 2. The SMILES string of the molecule is C/C=C\C/C=C\CCCCCCCC(=O)SCCNC(=O)CCNC(=O)[C@H](O)C(C)(C)COP(=O)(O)OP(=O)(O)OC[C@H]1O[C@@H](n2cnc3c(N)ncnc32)[C@H](O)[C@@H]1OP(=O)(O)O. The minimum atomic E-state index is -5.57. The Labute approximate surface area is 368 Å². The van der Waals surface area contributed by atoms with Crippen molar-refractivity contribution in [1.82, 2.24) is 30.2 Å². The molecule has 7 atom stereocenters. The molecule has 2 aromatic rings. The van der Waals surface area contributed by atoms with Gasteiger partial charge in [-0.25, -0.2) is 28.6 Å². The molecule has 63 heavy (non-hydrogen) atoms. The van der Waals surface area contributed by atoms with Crippen LogP contribution in [-0.4, -0.2) is 123 Å². The van der Waals surface area contributed by atoms with Crippen LogP contribution in [0.25, 0.3) is 11.2 Å². The van der Waals surface area contributed by atoms with Gasteiger partial charge in [0.15, 0.2) is 22.8 Å². The van der Waals surface area contributed by atoms with Crippen LogP contribution >= 0.6 is 35.2 Å². The van der Waals surface area contributed by atoms with E-state index in [0.717, 1.165) is 73.9 Å². The Kier molecular flexibility index (Phi) is 22.1. The molecule has 1 saturated heterocycles. The Bertz CT molecular complexity index is 2020. The van der Waals surface area contributed by atoms with Crippen LogP contribution in [0.15, 0.2) is 37.0 Å². The van der Waals surface area contributed by atoms with Gasteiger partial charge in [-0.3, -0.25) is 32.5 Å². The van der Waals surface area contributed by atoms with Crippen molar-refractivity contribution < 1.29 is 80.5 Å². The van der Waals surface area contributed by atoms with Gasteiger partial charge in [0.2, 0.25) is 11.8 Å². The molecule has 356 valence electrons. The number of carbonyl (C=O) groups excluding carboxylic acids is 3. The number of amides is 2. The molecular weight excluding hydrogens is 915 g/mol. The van der Waals surface area contributed by atoms with E-state index in [1.165, 1.54) is 13.8 Å². The number of thioether (sulfide) groups is 1. The highest BCUT2D eigenvalue weighted by Crippen LogP contribution is 2.61. The Balaban J connectivity index is 1.36. The van der Waals surface area contributed by atoms with Gasteiger partial charge in [-0.15, -0.1) is 0 Å². The Morgan fingerprint density at radius 1 is 0.968 bits per heavy atom. The van der Waals surface area contributed by atoms with E-state index < -0.39 is 84.6 Å². The highest BCUT2D eigenvalue weighted by atomic mass is 32.2. The Morgan fingerprint density at radius 3 is 2.38 bits per heavy atom. The van der Waals surface area contributed by atoms with Crippen molar-refractivity contribution in [2.45, 2.75) is 109 Å². The summed E-state index contributed by atoms with van der Waals surface area (Å²) in [7, 11) is -16.4. The smallest absolute Gasteiger partial charge is 0.386 e. The van der Waals surface area contributed by atoms with Crippen molar-refractivity contribution in [1.29, 1.82) is 0 Å². The third kappa shape index (κ3) is 19.2. The molecule has 3 rings (SSSR count). The van der Waals surface area contributed by atoms with Gasteiger partial charge in [0.05, 0.1) is 19.5 Å². The summed E-state index contributed by atoms with van der Waals surface area (Å²) in [6, 6.07) is 0. The highest BCUT2D eigenvalue weighted by Gasteiger charge is 2.50. The van der Waals surface area contributed by atoms with Crippen molar-refractivity contribution in [3.8, 4) is 0 Å². The van der Waals surface area contributed by atoms with Crippen LogP contribution in [-0.2, 0) is 50.7 Å². The number of allylic oxidation sites excluding steroid dienone is 4. The third-order valence-corrected chi connectivity index (χ3v) is 13.2. The number of hydrogen-bond donors (Lipinski definition) is 9. The number of aliphatic hydroxyl groups is 2. The molecule has 3 heterocycles. The fourth-order valence-electron chi connectivity index (χ4n) is 5.86. The number of hydrogen-bond acceptors (Lipinski definition) is 18. The summed E-state index contributed by atoms with van der Waals surface area (Å²) in [4.78, 5) is 88.1. The number of aromatic nitrogens is 4. The van der Waals surface area contributed by atoms with Crippen LogP contribution in [0.4, 0.5) is 5.82 Å². The number of fused-ring (bicyclic) bond motifs is 1. The van der Waals surface area contributed by atoms with Crippen LogP contribution in [0.3, 0.4) is 0 Å². The first kappa shape index (κ1) is 54.4. The summed E-state index contributed by atoms with van der Waals surface area (Å²) in [5, 5.41) is 26.6. The van der Waals surface area contributed by atoms with Crippen molar-refractivity contribution in [3.05, 3.63) is 37.0 Å². The molecule has 1 fully saturated rings. The van der Waals surface area contributed by atoms with E-state index >= 15 is 0 Å². The number of phosphoric acid groups is 3. The fourth-order valence-corrected chi connectivity index (χ4v) is 9.41. The first-order valence-electron chi connectivity index (χ1n) is 19.9. The monoisotopic (exact) mass is 973 g/mol. The second kappa shape index (κ2) is 25.7. The molecule has 2 aromatic heterocycles. The number of ether oxygens (including phenoxy) is 1. The minimum Gasteiger partial charge on any atom is -0.386 e. The maximum absolute atomic E-state index is 12.7. The zero-order valence-electron chi connectivity index (χ0n) is 35.0. The molecular formula is C35H58N7O17P3S. The largest absolute Gasteiger partial charge is 0.481 e. The van der Waals surface area contributed by atoms with Gasteiger partial charge in [-0.05, 0) is 32.6 Å². The van der Waals surface area contributed by atoms with Gasteiger partial charge >= 0.3 is 23.5 Å². The number of nitrogens with zero attached hydrogens (tertiary/aromatic N) is 4. The van der Waals surface area contributed by atoms with Gasteiger partial charge in [0.25, 0.3) is 0 Å². The molecule has 0 aliphatic carbocycles. The molecule has 1 aliphatic heterocycles. The van der Waals surface area contributed by atoms with Crippen LogP contribution in [0.5, 0.6) is 0 Å². The van der Waals surface area contributed by atoms with Gasteiger partial charge in [-0.2, -0.15) is 4.31 Å². The fraction of sp³-hybridized carbons (Fsp3) is 0.657. The lowest BCUT2D eigenvalue weighted by atomic mass is 9.87. The van der Waals surface area contributed by atoms with Crippen LogP contribution < -0.4 is 16.4 Å². The number of nitrogens with two attached hydrogens (primary N) is 1. The van der Waals surface area contributed by atoms with E-state index in [4.69, 9.17) is 19.5 Å². The highest BCUT2D eigenvalue weighted by molar-refractivity contribution is 8.13. The zero-order valence-corrected chi connectivity index (χ0v) is 38.5. The predicted molar refractivity (Wildman–Crippen MR) is 228 cm³/mol. The quantitative estimate of drug-likeness (QED) is 0.0321. The summed E-state index contributed by atoms with van der Waals surface area (Å²) in [5.74, 6) is -1.05. The van der Waals surface area contributed by atoms with Gasteiger partial charge < -0.3 is 50.9 Å². The number of anilines is 1. The first-order chi connectivity index (χ1) is 29.6. The Hall–Kier alpha value is -2.96. The number of carbonyl (C=O) groups is 3. The summed E-state index contributed by atoms with van der Waals surface area (Å²) < 4.78 is 62.3. The van der Waals surface area contributed by atoms with E-state index in [2.05, 4.69) is 52.6 Å². The number of phosphoric ester groups is 3. The lowest BCUT2D eigenvalue weighted by Crippen LogP contribution is -2.46. The standard InChI is InChI=1S/C35H58N7O17P3S/c1-4-5-6-7-8-9-10-11-12-13-14-15-26(44)63-19-18-37-25(43)16-17-38-33(47)30(46)35(2,3)21-56-62(53,54)59-61(51,52)55-20-24-29(58-60(48,49)50)28(45)34(57-24)42-23-41-27-31(36)39-22-40-32(27)42/h4-5,7-8,22-24,28-30,34,45-46H,6,9-21H2,1-3H3,(H,37,43)(H,38,47)(H,51,52)(H,53,54)(H2,36,39,40)(H2,48,49,50)/b5-4-,8-7-/t24-,28-,29-,30+,34-/m1/s1. The first-order valence-corrected chi connectivity index (χ1v) is 25.4. The van der Waals surface area contributed by atoms with Gasteiger partial charge in [-0.1, -0.05) is 69.2 Å². The molecule has 0 radical (unpaired) electrons. The molecule has 24 nitrogen and oxygen atoms in total. The average molecular weight is 974 g/mol. The molecule has 0 bridgehead atoms. The normalized spacial score (nSPS) is 20.8. The van der Waals surface area contributed by atoms with Crippen molar-refractivity contribution >= 4 is 69.1 Å². The van der Waals surface area contributed by atoms with Crippen LogP contribution in [0.2, 0.25) is 0 Å². The van der Waals surface area contributed by atoms with Gasteiger partial charge in [0, 0.05) is 37.1 Å². The number of unbranched alkanes of at least 4 members (excludes halogenated alkanes) is 5. The number of nitrogen functional groups attached to an aromatic ring is 1. The van der Waals surface area contributed by atoms with E-state index in [9.17, 15) is 57.9 Å². The molecule has 10 N–H and O–H groups in total. The Morgan fingerprint density at radius 2 is 1.67 bits per heavy atom. The van der Waals surface area contributed by atoms with Crippen molar-refractivity contribution in [2.75, 3.05) is 37.8 Å². The molecule has 0 aromatic carbocycles. The van der Waals surface area contributed by atoms with Gasteiger partial charge in [0.1, 0.15) is 36.3 Å². The maximum Gasteiger partial charge on any atom is 0.481 e. The predicted octanol–water partition coefficient (Wildman–Crippen LogP) is 2.92. The third-order valence-electron chi connectivity index (χ3n) is 9.19. The van der Waals surface area contributed by atoms with E-state index in [1.807, 2.05) is 13.0 Å². The molecule has 28 heteroatoms. The number of aliphatic hydroxyl groups excluding tert-OH is 2. The molecule has 1 aliphatic rings. The van der Waals surface area contributed by atoms with E-state index in [1.54, 1.807) is 0 Å². The van der Waals surface area contributed by atoms with Crippen molar-refractivity contribution in [2.24, 2.45) is 5.41 Å². The summed E-state index contributed by atoms with van der Waals surface area (Å²) >= 11 is 1.14. The zero-order chi connectivity index (χ0) is 46.8. The number of rotatable bonds is 29. The molecule has 0 spiro atoms. The van der Waals surface area contributed by atoms with Crippen LogP contribution in [0.1, 0.15) is 84.8 Å². The minimum absolute atomic E-state index is 0.0318. The lowest BCUT2D eigenvalue weighted by molar-refractivity contribution is -0.137. The lowest BCUT2D eigenvalue weighted by Gasteiger charge is -2.30. The summed E-state index contributed by atoms with van der Waals surface area (Å²) in [5.41, 5.74) is 4.28. The molecule has 2 amide bonds. The second-order valence-corrected chi connectivity index (χ2v) is 20.3. The van der Waals surface area contributed by atoms with E-state index in [0.29, 0.717) is 12.2 Å². The average Bonchev–Trinajstić information content (AvgIpc) is 3.76. The summed E-state index contributed by atoms with van der Waals surface area (Å²) in [6.45, 7) is 2.54. The molecule has 0 saturated carbocycles.